The maximum atomic E-state index is 9.05. The molecule has 2 N–H and O–H groups in total. The standard InChI is InChI=1S/C13H18N2O3/c16-15-13(11-6-2-1-3-7-11)14-10-18-12-8-4-5-9-17-12/h1-3,6-7,12,16H,4-5,8-10H2,(H,14,15). The summed E-state index contributed by atoms with van der Waals surface area (Å²) in [7, 11) is 0. The minimum Gasteiger partial charge on any atom is -0.353 e. The first-order valence-electron chi connectivity index (χ1n) is 6.13. The second-order valence-corrected chi connectivity index (χ2v) is 4.08. The zero-order chi connectivity index (χ0) is 12.6. The fraction of sp³-hybridized carbons (Fsp3) is 0.462. The lowest BCUT2D eigenvalue weighted by atomic mass is 10.2. The summed E-state index contributed by atoms with van der Waals surface area (Å²) in [6, 6.07) is 9.39. The smallest absolute Gasteiger partial charge is 0.159 e. The van der Waals surface area contributed by atoms with Crippen molar-refractivity contribution in [1.82, 2.24) is 5.48 Å². The van der Waals surface area contributed by atoms with Crippen molar-refractivity contribution < 1.29 is 14.7 Å². The first kappa shape index (κ1) is 13.0. The Morgan fingerprint density at radius 3 is 2.89 bits per heavy atom. The molecule has 0 amide bonds. The van der Waals surface area contributed by atoms with Gasteiger partial charge in [-0.25, -0.2) is 4.99 Å². The van der Waals surface area contributed by atoms with Crippen LogP contribution in [0.2, 0.25) is 0 Å². The van der Waals surface area contributed by atoms with Crippen LogP contribution in [-0.2, 0) is 9.47 Å². The van der Waals surface area contributed by atoms with Crippen LogP contribution in [0.15, 0.2) is 35.3 Å². The summed E-state index contributed by atoms with van der Waals surface area (Å²) in [4.78, 5) is 4.16. The molecular weight excluding hydrogens is 232 g/mol. The highest BCUT2D eigenvalue weighted by Crippen LogP contribution is 2.13. The first-order valence-corrected chi connectivity index (χ1v) is 6.13. The highest BCUT2D eigenvalue weighted by Gasteiger charge is 2.13. The number of benzene rings is 1. The van der Waals surface area contributed by atoms with Crippen molar-refractivity contribution in [3.8, 4) is 0 Å². The lowest BCUT2D eigenvalue weighted by Crippen LogP contribution is -2.24. The lowest BCUT2D eigenvalue weighted by Gasteiger charge is -2.21. The van der Waals surface area contributed by atoms with Crippen LogP contribution < -0.4 is 5.48 Å². The van der Waals surface area contributed by atoms with E-state index in [0.717, 1.165) is 31.4 Å². The van der Waals surface area contributed by atoms with E-state index >= 15 is 0 Å². The molecular formula is C13H18N2O3. The fourth-order valence-corrected chi connectivity index (χ4v) is 1.81. The maximum absolute atomic E-state index is 9.05. The minimum absolute atomic E-state index is 0.168. The van der Waals surface area contributed by atoms with E-state index in [2.05, 4.69) is 10.5 Å². The van der Waals surface area contributed by atoms with Crippen molar-refractivity contribution >= 4 is 5.84 Å². The van der Waals surface area contributed by atoms with Gasteiger partial charge in [0.25, 0.3) is 0 Å². The van der Waals surface area contributed by atoms with Crippen molar-refractivity contribution in [2.24, 2.45) is 4.99 Å². The third-order valence-electron chi connectivity index (χ3n) is 2.77. The minimum atomic E-state index is -0.168. The molecule has 0 radical (unpaired) electrons. The number of nitrogens with zero attached hydrogens (tertiary/aromatic N) is 1. The highest BCUT2D eigenvalue weighted by molar-refractivity contribution is 5.97. The molecule has 0 bridgehead atoms. The van der Waals surface area contributed by atoms with E-state index in [9.17, 15) is 0 Å². The van der Waals surface area contributed by atoms with Crippen LogP contribution in [0.4, 0.5) is 0 Å². The number of ether oxygens (including phenoxy) is 2. The summed E-state index contributed by atoms with van der Waals surface area (Å²) in [5, 5.41) is 9.05. The monoisotopic (exact) mass is 250 g/mol. The molecule has 0 aromatic heterocycles. The number of hydrogen-bond acceptors (Lipinski definition) is 4. The summed E-state index contributed by atoms with van der Waals surface area (Å²) in [6.07, 6.45) is 2.95. The normalized spacial score (nSPS) is 20.7. The van der Waals surface area contributed by atoms with Gasteiger partial charge in [0.1, 0.15) is 6.73 Å². The van der Waals surface area contributed by atoms with Gasteiger partial charge in [-0.3, -0.25) is 10.7 Å². The van der Waals surface area contributed by atoms with Crippen LogP contribution in [0, 0.1) is 0 Å². The number of amidine groups is 1. The van der Waals surface area contributed by atoms with Gasteiger partial charge in [0.2, 0.25) is 0 Å². The van der Waals surface area contributed by atoms with Crippen LogP contribution in [0.5, 0.6) is 0 Å². The van der Waals surface area contributed by atoms with Crippen LogP contribution in [0.25, 0.3) is 0 Å². The first-order chi connectivity index (χ1) is 8.90. The molecule has 1 aliphatic heterocycles. The summed E-state index contributed by atoms with van der Waals surface area (Å²) >= 11 is 0. The van der Waals surface area contributed by atoms with Crippen molar-refractivity contribution in [2.75, 3.05) is 13.3 Å². The Bertz CT molecular complexity index is 375. The zero-order valence-corrected chi connectivity index (χ0v) is 10.2. The van der Waals surface area contributed by atoms with Gasteiger partial charge < -0.3 is 9.47 Å². The molecule has 2 rings (SSSR count). The molecule has 1 aliphatic rings. The molecule has 0 spiro atoms. The van der Waals surface area contributed by atoms with E-state index in [0.29, 0.717) is 5.84 Å². The van der Waals surface area contributed by atoms with Gasteiger partial charge in [-0.15, -0.1) is 0 Å². The SMILES string of the molecule is ONC(=NCOC1CCCCO1)c1ccccc1. The third kappa shape index (κ3) is 3.80. The van der Waals surface area contributed by atoms with Crippen molar-refractivity contribution in [3.05, 3.63) is 35.9 Å². The Hall–Kier alpha value is -1.43. The number of hydroxylamine groups is 1. The van der Waals surface area contributed by atoms with Crippen molar-refractivity contribution in [1.29, 1.82) is 0 Å². The van der Waals surface area contributed by atoms with E-state index in [-0.39, 0.29) is 13.0 Å². The lowest BCUT2D eigenvalue weighted by molar-refractivity contribution is -0.160. The number of nitrogens with one attached hydrogen (secondary N) is 1. The molecule has 1 atom stereocenters. The zero-order valence-electron chi connectivity index (χ0n) is 10.2. The molecule has 1 heterocycles. The van der Waals surface area contributed by atoms with Gasteiger partial charge in [0.05, 0.1) is 0 Å². The third-order valence-corrected chi connectivity index (χ3v) is 2.77. The van der Waals surface area contributed by atoms with Crippen molar-refractivity contribution in [3.63, 3.8) is 0 Å². The molecule has 1 fully saturated rings. The van der Waals surface area contributed by atoms with Gasteiger partial charge >= 0.3 is 0 Å². The Balaban J connectivity index is 1.86. The molecule has 5 heteroatoms. The second-order valence-electron chi connectivity index (χ2n) is 4.08. The molecule has 0 saturated carbocycles. The molecule has 18 heavy (non-hydrogen) atoms. The van der Waals surface area contributed by atoms with E-state index in [4.69, 9.17) is 14.7 Å². The molecule has 1 aromatic rings. The van der Waals surface area contributed by atoms with Crippen LogP contribution in [0.1, 0.15) is 24.8 Å². The molecule has 98 valence electrons. The molecule has 1 unspecified atom stereocenters. The Morgan fingerprint density at radius 2 is 2.22 bits per heavy atom. The van der Waals surface area contributed by atoms with E-state index in [1.807, 2.05) is 30.3 Å². The Morgan fingerprint density at radius 1 is 1.39 bits per heavy atom. The molecule has 1 saturated heterocycles. The maximum Gasteiger partial charge on any atom is 0.159 e. The van der Waals surface area contributed by atoms with E-state index in [1.54, 1.807) is 0 Å². The second kappa shape index (κ2) is 7.10. The van der Waals surface area contributed by atoms with Crippen LogP contribution in [0.3, 0.4) is 0 Å². The number of rotatable bonds is 4. The largest absolute Gasteiger partial charge is 0.353 e. The molecule has 1 aromatic carbocycles. The fourth-order valence-electron chi connectivity index (χ4n) is 1.81. The average Bonchev–Trinajstić information content (AvgIpc) is 2.46. The quantitative estimate of drug-likeness (QED) is 0.487. The number of aliphatic imine (C=N–C) groups is 1. The van der Waals surface area contributed by atoms with Crippen LogP contribution >= 0.6 is 0 Å². The Labute approximate surface area is 106 Å². The van der Waals surface area contributed by atoms with Gasteiger partial charge in [0.15, 0.2) is 12.1 Å². The predicted octanol–water partition coefficient (Wildman–Crippen LogP) is 1.91. The summed E-state index contributed by atoms with van der Waals surface area (Å²) in [6.45, 7) is 0.917. The van der Waals surface area contributed by atoms with Gasteiger partial charge in [-0.2, -0.15) is 0 Å². The topological polar surface area (TPSA) is 63.1 Å². The molecule has 5 nitrogen and oxygen atoms in total. The van der Waals surface area contributed by atoms with Crippen molar-refractivity contribution in [2.45, 2.75) is 25.6 Å². The summed E-state index contributed by atoms with van der Waals surface area (Å²) < 4.78 is 10.9. The highest BCUT2D eigenvalue weighted by atomic mass is 16.7. The predicted molar refractivity (Wildman–Crippen MR) is 67.4 cm³/mol. The summed E-state index contributed by atoms with van der Waals surface area (Å²) in [5.74, 6) is 0.395. The Kier molecular flexibility index (Phi) is 5.14. The van der Waals surface area contributed by atoms with Gasteiger partial charge in [-0.05, 0) is 19.3 Å². The van der Waals surface area contributed by atoms with Gasteiger partial charge in [-0.1, -0.05) is 30.3 Å². The average molecular weight is 250 g/mol. The molecule has 0 aliphatic carbocycles. The van der Waals surface area contributed by atoms with Crippen LogP contribution in [-0.4, -0.2) is 30.7 Å². The van der Waals surface area contributed by atoms with E-state index in [1.165, 1.54) is 0 Å². The van der Waals surface area contributed by atoms with Gasteiger partial charge in [0, 0.05) is 12.2 Å². The van der Waals surface area contributed by atoms with E-state index < -0.39 is 0 Å². The number of hydrogen-bond donors (Lipinski definition) is 2. The summed E-state index contributed by atoms with van der Waals surface area (Å²) in [5.41, 5.74) is 2.90.